The van der Waals surface area contributed by atoms with E-state index in [0.29, 0.717) is 0 Å². The molecule has 1 N–H and O–H groups in total. The van der Waals surface area contributed by atoms with E-state index in [9.17, 15) is 4.79 Å². The molecule has 1 rings (SSSR count). The minimum absolute atomic E-state index is 0.0385. The molecule has 0 spiro atoms. The Morgan fingerprint density at radius 3 is 2.69 bits per heavy atom. The lowest BCUT2D eigenvalue weighted by molar-refractivity contribution is -0.137. The van der Waals surface area contributed by atoms with Crippen LogP contribution in [0.15, 0.2) is 6.07 Å². The molecule has 0 fully saturated rings. The van der Waals surface area contributed by atoms with Crippen LogP contribution in [0.3, 0.4) is 0 Å². The normalized spacial score (nSPS) is 10.3. The lowest BCUT2D eigenvalue weighted by Crippen LogP contribution is -2.12. The first-order chi connectivity index (χ1) is 6.17. The molecule has 1 aromatic heterocycles. The minimum atomic E-state index is -0.847. The van der Waals surface area contributed by atoms with Crippen molar-refractivity contribution in [2.45, 2.75) is 33.2 Å². The summed E-state index contributed by atoms with van der Waals surface area (Å²) in [7, 11) is 0. The summed E-state index contributed by atoms with van der Waals surface area (Å²) in [6.07, 6.45) is 1.67. The van der Waals surface area contributed by atoms with Crippen LogP contribution in [0.1, 0.15) is 25.2 Å². The number of aryl methyl sites for hydroxylation is 2. The van der Waals surface area contributed by atoms with E-state index in [1.807, 2.05) is 19.9 Å². The van der Waals surface area contributed by atoms with Crippen molar-refractivity contribution in [1.29, 1.82) is 0 Å². The Morgan fingerprint density at radius 2 is 2.23 bits per heavy atom. The van der Waals surface area contributed by atoms with Crippen molar-refractivity contribution >= 4 is 5.97 Å². The summed E-state index contributed by atoms with van der Waals surface area (Å²) in [5, 5.41) is 12.8. The maximum absolute atomic E-state index is 10.5. The molecule has 0 saturated heterocycles. The molecule has 1 heterocycles. The maximum atomic E-state index is 10.5. The van der Waals surface area contributed by atoms with Gasteiger partial charge >= 0.3 is 5.97 Å². The molecule has 4 nitrogen and oxygen atoms in total. The van der Waals surface area contributed by atoms with Crippen LogP contribution < -0.4 is 0 Å². The fourth-order valence-electron chi connectivity index (χ4n) is 1.24. The highest BCUT2D eigenvalue weighted by Crippen LogP contribution is 2.05. The molecular formula is C9H14N2O2. The minimum Gasteiger partial charge on any atom is -0.480 e. The number of carboxylic acids is 1. The van der Waals surface area contributed by atoms with Gasteiger partial charge in [0, 0.05) is 5.69 Å². The first kappa shape index (κ1) is 9.77. The molecular weight excluding hydrogens is 168 g/mol. The lowest BCUT2D eigenvalue weighted by Gasteiger charge is -2.00. The van der Waals surface area contributed by atoms with Crippen LogP contribution in [0, 0.1) is 0 Å². The molecule has 1 aromatic rings. The summed E-state index contributed by atoms with van der Waals surface area (Å²) in [5.41, 5.74) is 1.94. The van der Waals surface area contributed by atoms with Gasteiger partial charge in [-0.2, -0.15) is 5.10 Å². The van der Waals surface area contributed by atoms with Gasteiger partial charge < -0.3 is 5.11 Å². The molecule has 0 radical (unpaired) electrons. The van der Waals surface area contributed by atoms with Crippen LogP contribution >= 0.6 is 0 Å². The second kappa shape index (κ2) is 4.07. The molecule has 0 unspecified atom stereocenters. The molecule has 0 aliphatic rings. The second-order valence-corrected chi connectivity index (χ2v) is 2.89. The molecule has 0 aliphatic heterocycles. The Bertz CT molecular complexity index is 305. The Morgan fingerprint density at radius 1 is 1.54 bits per heavy atom. The number of hydrogen-bond donors (Lipinski definition) is 1. The zero-order chi connectivity index (χ0) is 9.84. The third-order valence-electron chi connectivity index (χ3n) is 1.92. The van der Waals surface area contributed by atoms with Crippen molar-refractivity contribution in [2.24, 2.45) is 0 Å². The molecule has 0 saturated carbocycles. The number of hydrogen-bond acceptors (Lipinski definition) is 2. The molecule has 72 valence electrons. The van der Waals surface area contributed by atoms with E-state index < -0.39 is 5.97 Å². The van der Waals surface area contributed by atoms with Crippen LogP contribution in [0.25, 0.3) is 0 Å². The first-order valence-electron chi connectivity index (χ1n) is 4.44. The summed E-state index contributed by atoms with van der Waals surface area (Å²) in [5.74, 6) is -0.847. The van der Waals surface area contributed by atoms with E-state index in [4.69, 9.17) is 5.11 Å². The molecule has 0 atom stereocenters. The quantitative estimate of drug-likeness (QED) is 0.758. The average Bonchev–Trinajstić information content (AvgIpc) is 2.46. The van der Waals surface area contributed by atoms with Gasteiger partial charge in [0.25, 0.3) is 0 Å². The van der Waals surface area contributed by atoms with E-state index in [1.165, 1.54) is 0 Å². The van der Waals surface area contributed by atoms with Gasteiger partial charge in [-0.15, -0.1) is 0 Å². The Labute approximate surface area is 77.2 Å². The van der Waals surface area contributed by atoms with Crippen LogP contribution in [0.5, 0.6) is 0 Å². The molecule has 0 amide bonds. The number of carbonyl (C=O) groups is 1. The summed E-state index contributed by atoms with van der Waals surface area (Å²) < 4.78 is 1.56. The number of nitrogens with zero attached hydrogens (tertiary/aromatic N) is 2. The maximum Gasteiger partial charge on any atom is 0.325 e. The van der Waals surface area contributed by atoms with Gasteiger partial charge in [-0.3, -0.25) is 9.48 Å². The van der Waals surface area contributed by atoms with Gasteiger partial charge in [-0.05, 0) is 18.9 Å². The molecule has 0 bridgehead atoms. The Hall–Kier alpha value is -1.32. The third kappa shape index (κ3) is 2.31. The van der Waals surface area contributed by atoms with Gasteiger partial charge in [-0.1, -0.05) is 13.8 Å². The topological polar surface area (TPSA) is 55.1 Å². The fraction of sp³-hybridized carbons (Fsp3) is 0.556. The predicted molar refractivity (Wildman–Crippen MR) is 48.6 cm³/mol. The summed E-state index contributed by atoms with van der Waals surface area (Å²) >= 11 is 0. The van der Waals surface area contributed by atoms with E-state index in [-0.39, 0.29) is 6.54 Å². The van der Waals surface area contributed by atoms with Gasteiger partial charge in [0.05, 0.1) is 5.69 Å². The monoisotopic (exact) mass is 182 g/mol. The van der Waals surface area contributed by atoms with Crippen LogP contribution in [-0.2, 0) is 24.2 Å². The number of aromatic nitrogens is 2. The fourth-order valence-corrected chi connectivity index (χ4v) is 1.24. The van der Waals surface area contributed by atoms with Gasteiger partial charge in [0.1, 0.15) is 6.54 Å². The van der Waals surface area contributed by atoms with E-state index in [0.717, 1.165) is 24.2 Å². The van der Waals surface area contributed by atoms with E-state index >= 15 is 0 Å². The summed E-state index contributed by atoms with van der Waals surface area (Å²) in [6.45, 7) is 3.96. The molecule has 0 aromatic carbocycles. The van der Waals surface area contributed by atoms with Crippen molar-refractivity contribution in [2.75, 3.05) is 0 Å². The number of carboxylic acid groups (broad SMARTS) is 1. The summed E-state index contributed by atoms with van der Waals surface area (Å²) in [6, 6.07) is 1.96. The van der Waals surface area contributed by atoms with Gasteiger partial charge in [0.15, 0.2) is 0 Å². The van der Waals surface area contributed by atoms with Gasteiger partial charge in [-0.25, -0.2) is 0 Å². The standard InChI is InChI=1S/C9H14N2O2/c1-3-7-5-8(4-2)11(10-7)6-9(12)13/h5H,3-4,6H2,1-2H3,(H,12,13). The Balaban J connectivity index is 2.90. The largest absolute Gasteiger partial charge is 0.480 e. The Kier molecular flexibility index (Phi) is 3.06. The zero-order valence-electron chi connectivity index (χ0n) is 7.95. The highest BCUT2D eigenvalue weighted by Gasteiger charge is 2.07. The average molecular weight is 182 g/mol. The van der Waals surface area contributed by atoms with Crippen molar-refractivity contribution < 1.29 is 9.90 Å². The number of rotatable bonds is 4. The van der Waals surface area contributed by atoms with Crippen LogP contribution in [0.4, 0.5) is 0 Å². The highest BCUT2D eigenvalue weighted by molar-refractivity contribution is 5.66. The van der Waals surface area contributed by atoms with E-state index in [2.05, 4.69) is 5.10 Å². The zero-order valence-corrected chi connectivity index (χ0v) is 7.95. The summed E-state index contributed by atoms with van der Waals surface area (Å²) in [4.78, 5) is 10.5. The highest BCUT2D eigenvalue weighted by atomic mass is 16.4. The third-order valence-corrected chi connectivity index (χ3v) is 1.92. The first-order valence-corrected chi connectivity index (χ1v) is 4.44. The second-order valence-electron chi connectivity index (χ2n) is 2.89. The molecule has 4 heteroatoms. The predicted octanol–water partition coefficient (Wildman–Crippen LogP) is 1.09. The van der Waals surface area contributed by atoms with Crippen molar-refractivity contribution in [3.8, 4) is 0 Å². The van der Waals surface area contributed by atoms with E-state index in [1.54, 1.807) is 4.68 Å². The SMILES string of the molecule is CCc1cc(CC)n(CC(=O)O)n1. The van der Waals surface area contributed by atoms with Crippen molar-refractivity contribution in [3.05, 3.63) is 17.5 Å². The smallest absolute Gasteiger partial charge is 0.325 e. The lowest BCUT2D eigenvalue weighted by atomic mass is 10.3. The number of aliphatic carboxylic acids is 1. The molecule has 0 aliphatic carbocycles. The van der Waals surface area contributed by atoms with Crippen molar-refractivity contribution in [3.63, 3.8) is 0 Å². The van der Waals surface area contributed by atoms with Crippen molar-refractivity contribution in [1.82, 2.24) is 9.78 Å². The molecule has 13 heavy (non-hydrogen) atoms. The van der Waals surface area contributed by atoms with Gasteiger partial charge in [0.2, 0.25) is 0 Å². The van der Waals surface area contributed by atoms with Crippen LogP contribution in [0.2, 0.25) is 0 Å². The van der Waals surface area contributed by atoms with Crippen LogP contribution in [-0.4, -0.2) is 20.9 Å².